The molecule has 0 spiro atoms. The second-order valence-corrected chi connectivity index (χ2v) is 6.82. The van der Waals surface area contributed by atoms with Gasteiger partial charge >= 0.3 is 0 Å². The van der Waals surface area contributed by atoms with E-state index in [1.807, 2.05) is 0 Å². The first kappa shape index (κ1) is 15.9. The Labute approximate surface area is 128 Å². The Morgan fingerprint density at radius 2 is 2.10 bits per heavy atom. The molecule has 1 aliphatic rings. The zero-order valence-corrected chi connectivity index (χ0v) is 13.6. The van der Waals surface area contributed by atoms with Gasteiger partial charge in [0.1, 0.15) is 5.82 Å². The van der Waals surface area contributed by atoms with Crippen molar-refractivity contribution >= 4 is 15.9 Å². The number of methoxy groups -OCH3 is 1. The molecule has 1 unspecified atom stereocenters. The number of aliphatic hydroxyl groups excluding tert-OH is 1. The van der Waals surface area contributed by atoms with E-state index in [-0.39, 0.29) is 12.2 Å². The van der Waals surface area contributed by atoms with Gasteiger partial charge in [-0.05, 0) is 55.4 Å². The van der Waals surface area contributed by atoms with Gasteiger partial charge < -0.3 is 9.84 Å². The summed E-state index contributed by atoms with van der Waals surface area (Å²) < 4.78 is 20.3. The van der Waals surface area contributed by atoms with Gasteiger partial charge in [0.2, 0.25) is 0 Å². The molecular weight excluding hydrogens is 323 g/mol. The average molecular weight is 345 g/mol. The molecule has 1 N–H and O–H groups in total. The summed E-state index contributed by atoms with van der Waals surface area (Å²) in [5.41, 5.74) is 0.00304. The fourth-order valence-corrected chi connectivity index (χ4v) is 3.43. The molecule has 2 rings (SSSR count). The van der Waals surface area contributed by atoms with Crippen molar-refractivity contribution in [2.45, 2.75) is 50.7 Å². The van der Waals surface area contributed by atoms with Gasteiger partial charge in [-0.1, -0.05) is 22.9 Å². The zero-order valence-electron chi connectivity index (χ0n) is 12.0. The highest BCUT2D eigenvalue weighted by Gasteiger charge is 2.40. The van der Waals surface area contributed by atoms with Crippen molar-refractivity contribution in [3.63, 3.8) is 0 Å². The molecule has 1 fully saturated rings. The Hall–Kier alpha value is -0.450. The van der Waals surface area contributed by atoms with Gasteiger partial charge in [0.15, 0.2) is 0 Å². The van der Waals surface area contributed by atoms with E-state index < -0.39 is 11.7 Å². The maximum atomic E-state index is 13.8. The first-order valence-electron chi connectivity index (χ1n) is 7.14. The lowest BCUT2D eigenvalue weighted by molar-refractivity contribution is -0.127. The molecule has 1 atom stereocenters. The zero-order chi connectivity index (χ0) is 14.8. The lowest BCUT2D eigenvalue weighted by atomic mass is 9.75. The van der Waals surface area contributed by atoms with Gasteiger partial charge in [-0.25, -0.2) is 4.39 Å². The summed E-state index contributed by atoms with van der Waals surface area (Å²) in [6, 6.07) is 4.82. The second-order valence-electron chi connectivity index (χ2n) is 5.91. The summed E-state index contributed by atoms with van der Waals surface area (Å²) in [5.74, 6) is 0.399. The Morgan fingerprint density at radius 3 is 2.70 bits per heavy atom. The van der Waals surface area contributed by atoms with Gasteiger partial charge in [0, 0.05) is 18.0 Å². The monoisotopic (exact) mass is 344 g/mol. The minimum atomic E-state index is -0.677. The molecule has 0 aromatic heterocycles. The van der Waals surface area contributed by atoms with Gasteiger partial charge in [0.25, 0.3) is 0 Å². The van der Waals surface area contributed by atoms with E-state index in [2.05, 4.69) is 22.9 Å². The summed E-state index contributed by atoms with van der Waals surface area (Å²) in [6.07, 6.45) is 3.37. The standard InChI is InChI=1S/C16H22BrFO2/c1-11-5-7-16(20-2,8-6-11)15(19)10-12-9-13(17)3-4-14(12)18/h3-4,9,11,15,19H,5-8,10H2,1-2H3. The number of ether oxygens (including phenoxy) is 1. The Bertz CT molecular complexity index is 456. The maximum Gasteiger partial charge on any atom is 0.126 e. The fraction of sp³-hybridized carbons (Fsp3) is 0.625. The number of rotatable bonds is 4. The molecule has 112 valence electrons. The molecule has 4 heteroatoms. The minimum Gasteiger partial charge on any atom is -0.390 e. The third-order valence-electron chi connectivity index (χ3n) is 4.56. The minimum absolute atomic E-state index is 0.275. The third-order valence-corrected chi connectivity index (χ3v) is 5.05. The number of aliphatic hydroxyl groups is 1. The van der Waals surface area contributed by atoms with Crippen LogP contribution in [0.5, 0.6) is 0 Å². The Balaban J connectivity index is 2.13. The van der Waals surface area contributed by atoms with Crippen molar-refractivity contribution < 1.29 is 14.2 Å². The first-order chi connectivity index (χ1) is 9.47. The van der Waals surface area contributed by atoms with E-state index in [9.17, 15) is 9.50 Å². The lowest BCUT2D eigenvalue weighted by Gasteiger charge is -2.41. The summed E-state index contributed by atoms with van der Waals surface area (Å²) in [7, 11) is 1.65. The molecule has 0 aliphatic heterocycles. The molecule has 1 aromatic carbocycles. The summed E-state index contributed by atoms with van der Waals surface area (Å²) in [4.78, 5) is 0. The SMILES string of the molecule is COC1(C(O)Cc2cc(Br)ccc2F)CCC(C)CC1. The van der Waals surface area contributed by atoms with Crippen molar-refractivity contribution in [3.05, 3.63) is 34.1 Å². The molecule has 20 heavy (non-hydrogen) atoms. The van der Waals surface area contributed by atoms with Crippen LogP contribution in [-0.4, -0.2) is 23.9 Å². The van der Waals surface area contributed by atoms with Gasteiger partial charge in [-0.2, -0.15) is 0 Å². The van der Waals surface area contributed by atoms with Crippen LogP contribution in [0.2, 0.25) is 0 Å². The molecule has 1 saturated carbocycles. The first-order valence-corrected chi connectivity index (χ1v) is 7.93. The summed E-state index contributed by atoms with van der Waals surface area (Å²) in [5, 5.41) is 10.6. The molecular formula is C16H22BrFO2. The van der Waals surface area contributed by atoms with Crippen molar-refractivity contribution in [1.82, 2.24) is 0 Å². The maximum absolute atomic E-state index is 13.8. The molecule has 1 aliphatic carbocycles. The van der Waals surface area contributed by atoms with E-state index in [4.69, 9.17) is 4.74 Å². The summed E-state index contributed by atoms with van der Waals surface area (Å²) in [6.45, 7) is 2.22. The smallest absolute Gasteiger partial charge is 0.126 e. The van der Waals surface area contributed by atoms with Crippen LogP contribution in [0.3, 0.4) is 0 Å². The highest BCUT2D eigenvalue weighted by Crippen LogP contribution is 2.38. The molecule has 0 saturated heterocycles. The van der Waals surface area contributed by atoms with Gasteiger partial charge in [0.05, 0.1) is 11.7 Å². The molecule has 0 heterocycles. The topological polar surface area (TPSA) is 29.5 Å². The Morgan fingerprint density at radius 1 is 1.45 bits per heavy atom. The number of hydrogen-bond donors (Lipinski definition) is 1. The van der Waals surface area contributed by atoms with E-state index in [1.165, 1.54) is 6.07 Å². The van der Waals surface area contributed by atoms with E-state index in [1.54, 1.807) is 19.2 Å². The van der Waals surface area contributed by atoms with E-state index >= 15 is 0 Å². The normalized spacial score (nSPS) is 28.4. The molecule has 0 radical (unpaired) electrons. The van der Waals surface area contributed by atoms with Gasteiger partial charge in [-0.3, -0.25) is 0 Å². The largest absolute Gasteiger partial charge is 0.390 e. The fourth-order valence-electron chi connectivity index (χ4n) is 3.02. The molecule has 2 nitrogen and oxygen atoms in total. The summed E-state index contributed by atoms with van der Waals surface area (Å²) >= 11 is 3.34. The molecule has 0 amide bonds. The second kappa shape index (κ2) is 6.54. The van der Waals surface area contributed by atoms with Crippen molar-refractivity contribution in [1.29, 1.82) is 0 Å². The third kappa shape index (κ3) is 3.41. The van der Waals surface area contributed by atoms with Crippen LogP contribution < -0.4 is 0 Å². The predicted molar refractivity (Wildman–Crippen MR) is 81.2 cm³/mol. The van der Waals surface area contributed by atoms with Crippen LogP contribution >= 0.6 is 15.9 Å². The van der Waals surface area contributed by atoms with E-state index in [0.717, 1.165) is 30.2 Å². The van der Waals surface area contributed by atoms with Crippen LogP contribution in [0.15, 0.2) is 22.7 Å². The van der Waals surface area contributed by atoms with Crippen LogP contribution in [-0.2, 0) is 11.2 Å². The Kier molecular flexibility index (Phi) is 5.21. The molecule has 1 aromatic rings. The van der Waals surface area contributed by atoms with E-state index in [0.29, 0.717) is 11.5 Å². The van der Waals surface area contributed by atoms with Crippen molar-refractivity contribution in [2.75, 3.05) is 7.11 Å². The quantitative estimate of drug-likeness (QED) is 0.891. The highest BCUT2D eigenvalue weighted by molar-refractivity contribution is 9.10. The number of halogens is 2. The number of benzene rings is 1. The number of hydrogen-bond acceptors (Lipinski definition) is 2. The van der Waals surface area contributed by atoms with Crippen molar-refractivity contribution in [2.24, 2.45) is 5.92 Å². The van der Waals surface area contributed by atoms with Crippen LogP contribution in [0, 0.1) is 11.7 Å². The van der Waals surface area contributed by atoms with Crippen LogP contribution in [0.25, 0.3) is 0 Å². The molecule has 0 bridgehead atoms. The predicted octanol–water partition coefficient (Wildman–Crippen LogP) is 4.09. The van der Waals surface area contributed by atoms with Crippen LogP contribution in [0.4, 0.5) is 4.39 Å². The highest BCUT2D eigenvalue weighted by atomic mass is 79.9. The van der Waals surface area contributed by atoms with Crippen molar-refractivity contribution in [3.8, 4) is 0 Å². The van der Waals surface area contributed by atoms with Crippen LogP contribution in [0.1, 0.15) is 38.2 Å². The lowest BCUT2D eigenvalue weighted by Crippen LogP contribution is -2.48. The average Bonchev–Trinajstić information content (AvgIpc) is 2.44. The van der Waals surface area contributed by atoms with Gasteiger partial charge in [-0.15, -0.1) is 0 Å².